The Morgan fingerprint density at radius 2 is 2.17 bits per heavy atom. The first-order valence-corrected chi connectivity index (χ1v) is 7.24. The first kappa shape index (κ1) is 13.5. The number of carbonyl (C=O) groups excluding carboxylic acids is 1. The van der Waals surface area contributed by atoms with Crippen LogP contribution < -0.4 is 4.90 Å². The number of rotatable bonds is 4. The molecule has 5 heteroatoms. The average Bonchev–Trinajstić information content (AvgIpc) is 2.73. The van der Waals surface area contributed by atoms with E-state index in [1.165, 1.54) is 37.3 Å². The molecule has 0 aromatic carbocycles. The van der Waals surface area contributed by atoms with Crippen molar-refractivity contribution in [2.45, 2.75) is 19.8 Å². The van der Waals surface area contributed by atoms with Gasteiger partial charge >= 0.3 is 0 Å². The minimum absolute atomic E-state index is 0.745. The fourth-order valence-electron chi connectivity index (χ4n) is 2.38. The van der Waals surface area contributed by atoms with Crippen molar-refractivity contribution in [3.8, 4) is 0 Å². The number of piperidine rings is 1. The molecule has 0 amide bonds. The number of anilines is 1. The highest BCUT2D eigenvalue weighted by Gasteiger charge is 2.19. The molecule has 18 heavy (non-hydrogen) atoms. The van der Waals surface area contributed by atoms with E-state index in [1.54, 1.807) is 0 Å². The molecule has 1 aromatic heterocycles. The monoisotopic (exact) mass is 267 g/mol. The second kappa shape index (κ2) is 5.80. The van der Waals surface area contributed by atoms with Crippen LogP contribution in [0.1, 0.15) is 28.2 Å². The lowest BCUT2D eigenvalue weighted by molar-refractivity contribution is 0.112. The maximum absolute atomic E-state index is 10.8. The quantitative estimate of drug-likeness (QED) is 0.782. The number of thiazole rings is 1. The van der Waals surface area contributed by atoms with Crippen LogP contribution in [0.5, 0.6) is 0 Å². The number of aldehydes is 1. The molecule has 0 bridgehead atoms. The van der Waals surface area contributed by atoms with Crippen LogP contribution in [-0.2, 0) is 0 Å². The zero-order valence-corrected chi connectivity index (χ0v) is 12.2. The number of nitrogens with zero attached hydrogens (tertiary/aromatic N) is 3. The fourth-order valence-corrected chi connectivity index (χ4v) is 3.23. The third kappa shape index (κ3) is 3.09. The second-order valence-electron chi connectivity index (χ2n) is 5.19. The Hall–Kier alpha value is -0.940. The molecule has 0 saturated carbocycles. The van der Waals surface area contributed by atoms with Crippen LogP contribution in [0.15, 0.2) is 0 Å². The summed E-state index contributed by atoms with van der Waals surface area (Å²) >= 11 is 1.49. The Morgan fingerprint density at radius 3 is 2.72 bits per heavy atom. The molecule has 100 valence electrons. The summed E-state index contributed by atoms with van der Waals surface area (Å²) in [6.07, 6.45) is 3.41. The number of aromatic nitrogens is 1. The minimum atomic E-state index is 0.745. The maximum Gasteiger partial charge on any atom is 0.185 e. The molecule has 0 unspecified atom stereocenters. The summed E-state index contributed by atoms with van der Waals surface area (Å²) in [6, 6.07) is 0. The lowest BCUT2D eigenvalue weighted by Gasteiger charge is -2.31. The number of carbonyl (C=O) groups is 1. The van der Waals surface area contributed by atoms with Crippen LogP contribution in [-0.4, -0.2) is 49.9 Å². The Bertz CT molecular complexity index is 410. The van der Waals surface area contributed by atoms with Crippen molar-refractivity contribution in [1.29, 1.82) is 0 Å². The van der Waals surface area contributed by atoms with E-state index in [0.29, 0.717) is 0 Å². The number of hydrogen-bond acceptors (Lipinski definition) is 5. The van der Waals surface area contributed by atoms with E-state index in [-0.39, 0.29) is 0 Å². The van der Waals surface area contributed by atoms with Gasteiger partial charge in [0.25, 0.3) is 0 Å². The lowest BCUT2D eigenvalue weighted by Crippen LogP contribution is -2.35. The largest absolute Gasteiger partial charge is 0.351 e. The average molecular weight is 267 g/mol. The number of hydrogen-bond donors (Lipinski definition) is 0. The highest BCUT2D eigenvalue weighted by molar-refractivity contribution is 7.17. The topological polar surface area (TPSA) is 36.4 Å². The van der Waals surface area contributed by atoms with Crippen molar-refractivity contribution in [2.75, 3.05) is 38.6 Å². The molecule has 0 N–H and O–H groups in total. The summed E-state index contributed by atoms with van der Waals surface area (Å²) in [6.45, 7) is 5.32. The van der Waals surface area contributed by atoms with Crippen LogP contribution in [0.3, 0.4) is 0 Å². The van der Waals surface area contributed by atoms with Crippen LogP contribution in [0, 0.1) is 12.8 Å². The van der Waals surface area contributed by atoms with Crippen LogP contribution in [0.25, 0.3) is 0 Å². The molecule has 0 spiro atoms. The molecule has 0 atom stereocenters. The summed E-state index contributed by atoms with van der Waals surface area (Å²) in [5.41, 5.74) is 0.847. The molecule has 1 aliphatic rings. The maximum atomic E-state index is 10.8. The molecule has 4 nitrogen and oxygen atoms in total. The molecule has 2 heterocycles. The summed E-state index contributed by atoms with van der Waals surface area (Å²) in [7, 11) is 4.26. The Labute approximate surface area is 113 Å². The van der Waals surface area contributed by atoms with Gasteiger partial charge in [-0.1, -0.05) is 11.3 Å². The van der Waals surface area contributed by atoms with Gasteiger partial charge in [-0.05, 0) is 45.8 Å². The SMILES string of the molecule is Cc1nc(N(C)CC2CCN(C)CC2)sc1C=O. The zero-order chi connectivity index (χ0) is 13.1. The van der Waals surface area contributed by atoms with E-state index in [4.69, 9.17) is 0 Å². The summed E-state index contributed by atoms with van der Waals surface area (Å²) in [4.78, 5) is 20.6. The van der Waals surface area contributed by atoms with Gasteiger partial charge in [-0.15, -0.1) is 0 Å². The van der Waals surface area contributed by atoms with E-state index in [9.17, 15) is 4.79 Å². The molecule has 0 radical (unpaired) electrons. The predicted octanol–water partition coefficient (Wildman–Crippen LogP) is 2.04. The lowest BCUT2D eigenvalue weighted by atomic mass is 9.97. The van der Waals surface area contributed by atoms with Crippen LogP contribution >= 0.6 is 11.3 Å². The number of likely N-dealkylation sites (tertiary alicyclic amines) is 1. The van der Waals surface area contributed by atoms with Gasteiger partial charge in [0.1, 0.15) is 0 Å². The van der Waals surface area contributed by atoms with Crippen molar-refractivity contribution < 1.29 is 4.79 Å². The predicted molar refractivity (Wildman–Crippen MR) is 75.7 cm³/mol. The van der Waals surface area contributed by atoms with Crippen molar-refractivity contribution >= 4 is 22.8 Å². The van der Waals surface area contributed by atoms with Gasteiger partial charge in [-0.2, -0.15) is 0 Å². The van der Waals surface area contributed by atoms with E-state index in [2.05, 4.69) is 28.9 Å². The van der Waals surface area contributed by atoms with Crippen molar-refractivity contribution in [3.63, 3.8) is 0 Å². The minimum Gasteiger partial charge on any atom is -0.351 e. The Morgan fingerprint density at radius 1 is 1.50 bits per heavy atom. The molecule has 2 rings (SSSR count). The highest BCUT2D eigenvalue weighted by Crippen LogP contribution is 2.26. The van der Waals surface area contributed by atoms with E-state index < -0.39 is 0 Å². The van der Waals surface area contributed by atoms with Crippen molar-refractivity contribution in [1.82, 2.24) is 9.88 Å². The Kier molecular flexibility index (Phi) is 4.35. The fraction of sp³-hybridized carbons (Fsp3) is 0.692. The second-order valence-corrected chi connectivity index (χ2v) is 6.20. The van der Waals surface area contributed by atoms with Crippen LogP contribution in [0.4, 0.5) is 5.13 Å². The van der Waals surface area contributed by atoms with Crippen molar-refractivity contribution in [2.24, 2.45) is 5.92 Å². The van der Waals surface area contributed by atoms with Gasteiger partial charge in [-0.25, -0.2) is 4.98 Å². The van der Waals surface area contributed by atoms with Gasteiger partial charge in [0.15, 0.2) is 11.4 Å². The molecule has 1 fully saturated rings. The van der Waals surface area contributed by atoms with Gasteiger partial charge in [0.05, 0.1) is 10.6 Å². The van der Waals surface area contributed by atoms with Gasteiger partial charge < -0.3 is 9.80 Å². The normalized spacial score (nSPS) is 17.9. The van der Waals surface area contributed by atoms with Crippen molar-refractivity contribution in [3.05, 3.63) is 10.6 Å². The zero-order valence-electron chi connectivity index (χ0n) is 11.3. The first-order chi connectivity index (χ1) is 8.60. The third-order valence-electron chi connectivity index (χ3n) is 3.62. The van der Waals surface area contributed by atoms with Gasteiger partial charge in [0.2, 0.25) is 0 Å². The Balaban J connectivity index is 1.94. The summed E-state index contributed by atoms with van der Waals surface area (Å²) in [5, 5.41) is 0.966. The molecule has 0 aliphatic carbocycles. The van der Waals surface area contributed by atoms with Gasteiger partial charge in [-0.3, -0.25) is 4.79 Å². The van der Waals surface area contributed by atoms with Crippen LogP contribution in [0.2, 0.25) is 0 Å². The van der Waals surface area contributed by atoms with E-state index >= 15 is 0 Å². The molecular weight excluding hydrogens is 246 g/mol. The summed E-state index contributed by atoms with van der Waals surface area (Å²) < 4.78 is 0. The van der Waals surface area contributed by atoms with Gasteiger partial charge in [0, 0.05) is 13.6 Å². The summed E-state index contributed by atoms with van der Waals surface area (Å²) in [5.74, 6) is 0.745. The molecule has 1 aliphatic heterocycles. The highest BCUT2D eigenvalue weighted by atomic mass is 32.1. The van der Waals surface area contributed by atoms with E-state index in [0.717, 1.165) is 34.5 Å². The first-order valence-electron chi connectivity index (χ1n) is 6.42. The standard InChI is InChI=1S/C13H21N3OS/c1-10-12(9-17)18-13(14-10)16(3)8-11-4-6-15(2)7-5-11/h9,11H,4-8H2,1-3H3. The third-order valence-corrected chi connectivity index (χ3v) is 4.82. The van der Waals surface area contributed by atoms with E-state index in [1.807, 2.05) is 6.92 Å². The molecule has 1 saturated heterocycles. The number of aryl methyl sites for hydroxylation is 1. The molecule has 1 aromatic rings. The smallest absolute Gasteiger partial charge is 0.185 e. The molecular formula is C13H21N3OS.